The van der Waals surface area contributed by atoms with Gasteiger partial charge in [-0.25, -0.2) is 0 Å². The molecule has 130 valence electrons. The Balaban J connectivity index is 1.64. The minimum atomic E-state index is -0.332. The van der Waals surface area contributed by atoms with Gasteiger partial charge in [0, 0.05) is 30.8 Å². The Morgan fingerprint density at radius 2 is 1.92 bits per heavy atom. The van der Waals surface area contributed by atoms with E-state index in [2.05, 4.69) is 5.32 Å². The van der Waals surface area contributed by atoms with Gasteiger partial charge in [0.15, 0.2) is 0 Å². The number of hydrogen-bond donors (Lipinski definition) is 1. The Morgan fingerprint density at radius 1 is 1.20 bits per heavy atom. The molecule has 3 rings (SSSR count). The van der Waals surface area contributed by atoms with Gasteiger partial charge >= 0.3 is 0 Å². The molecule has 1 aliphatic rings. The summed E-state index contributed by atoms with van der Waals surface area (Å²) in [5.74, 6) is 0.302. The normalized spacial score (nSPS) is 16.8. The summed E-state index contributed by atoms with van der Waals surface area (Å²) >= 11 is 0. The SMILES string of the molecule is COc1ccccc1CNC(=O)[C@H]1CC(=O)N(c2ccccc2C)C1. The van der Waals surface area contributed by atoms with Crippen LogP contribution < -0.4 is 15.0 Å². The van der Waals surface area contributed by atoms with E-state index in [1.807, 2.05) is 55.5 Å². The molecule has 1 aliphatic heterocycles. The van der Waals surface area contributed by atoms with Crippen molar-refractivity contribution in [2.45, 2.75) is 19.9 Å². The van der Waals surface area contributed by atoms with Crippen molar-refractivity contribution in [3.05, 3.63) is 59.7 Å². The molecular weight excluding hydrogens is 316 g/mol. The van der Waals surface area contributed by atoms with Gasteiger partial charge < -0.3 is 15.0 Å². The zero-order chi connectivity index (χ0) is 17.8. The first-order valence-corrected chi connectivity index (χ1v) is 8.35. The smallest absolute Gasteiger partial charge is 0.227 e. The lowest BCUT2D eigenvalue weighted by Gasteiger charge is -2.19. The van der Waals surface area contributed by atoms with E-state index >= 15 is 0 Å². The number of hydrogen-bond acceptors (Lipinski definition) is 3. The number of carbonyl (C=O) groups is 2. The second-order valence-electron chi connectivity index (χ2n) is 6.22. The Kier molecular flexibility index (Phi) is 5.03. The number of carbonyl (C=O) groups excluding carboxylic acids is 2. The highest BCUT2D eigenvalue weighted by atomic mass is 16.5. The fourth-order valence-electron chi connectivity index (χ4n) is 3.16. The molecule has 2 aromatic rings. The second-order valence-corrected chi connectivity index (χ2v) is 6.22. The number of anilines is 1. The molecule has 1 atom stereocenters. The van der Waals surface area contributed by atoms with Gasteiger partial charge in [-0.15, -0.1) is 0 Å². The van der Waals surface area contributed by atoms with Crippen LogP contribution in [0.2, 0.25) is 0 Å². The maximum Gasteiger partial charge on any atom is 0.227 e. The molecule has 0 aromatic heterocycles. The van der Waals surface area contributed by atoms with Crippen molar-refractivity contribution in [2.24, 2.45) is 5.92 Å². The number of methoxy groups -OCH3 is 1. The van der Waals surface area contributed by atoms with E-state index in [0.29, 0.717) is 13.1 Å². The predicted octanol–water partition coefficient (Wildman–Crippen LogP) is 2.67. The van der Waals surface area contributed by atoms with Crippen LogP contribution in [0.5, 0.6) is 5.75 Å². The van der Waals surface area contributed by atoms with Crippen LogP contribution in [0.1, 0.15) is 17.5 Å². The van der Waals surface area contributed by atoms with Crippen molar-refractivity contribution >= 4 is 17.5 Å². The lowest BCUT2D eigenvalue weighted by molar-refractivity contribution is -0.126. The van der Waals surface area contributed by atoms with Crippen LogP contribution in [0.15, 0.2) is 48.5 Å². The van der Waals surface area contributed by atoms with Gasteiger partial charge in [-0.3, -0.25) is 9.59 Å². The molecule has 0 unspecified atom stereocenters. The van der Waals surface area contributed by atoms with Crippen LogP contribution in [-0.2, 0) is 16.1 Å². The molecule has 0 spiro atoms. The Hall–Kier alpha value is -2.82. The Labute approximate surface area is 147 Å². The van der Waals surface area contributed by atoms with Gasteiger partial charge in [0.1, 0.15) is 5.75 Å². The van der Waals surface area contributed by atoms with E-state index in [-0.39, 0.29) is 24.2 Å². The third-order valence-electron chi connectivity index (χ3n) is 4.55. The number of nitrogens with zero attached hydrogens (tertiary/aromatic N) is 1. The molecule has 1 fully saturated rings. The number of amides is 2. The highest BCUT2D eigenvalue weighted by Gasteiger charge is 2.35. The van der Waals surface area contributed by atoms with E-state index in [4.69, 9.17) is 4.74 Å². The molecular formula is C20H22N2O3. The summed E-state index contributed by atoms with van der Waals surface area (Å²) in [6.45, 7) is 2.77. The average Bonchev–Trinajstić information content (AvgIpc) is 3.02. The van der Waals surface area contributed by atoms with Gasteiger partial charge in [-0.05, 0) is 24.6 Å². The monoisotopic (exact) mass is 338 g/mol. The summed E-state index contributed by atoms with van der Waals surface area (Å²) in [4.78, 5) is 26.5. The third-order valence-corrected chi connectivity index (χ3v) is 4.55. The summed E-state index contributed by atoms with van der Waals surface area (Å²) in [6.07, 6.45) is 0.242. The maximum atomic E-state index is 12.5. The van der Waals surface area contributed by atoms with Gasteiger partial charge in [0.2, 0.25) is 11.8 Å². The fourth-order valence-corrected chi connectivity index (χ4v) is 3.16. The van der Waals surface area contributed by atoms with Crippen LogP contribution in [0.4, 0.5) is 5.69 Å². The molecule has 0 radical (unpaired) electrons. The number of rotatable bonds is 5. The van der Waals surface area contributed by atoms with E-state index in [9.17, 15) is 9.59 Å². The Morgan fingerprint density at radius 3 is 2.68 bits per heavy atom. The molecule has 5 nitrogen and oxygen atoms in total. The molecule has 2 aromatic carbocycles. The zero-order valence-electron chi connectivity index (χ0n) is 14.5. The molecule has 1 heterocycles. The molecule has 0 saturated carbocycles. The first-order chi connectivity index (χ1) is 12.1. The van der Waals surface area contributed by atoms with Gasteiger partial charge in [0.05, 0.1) is 13.0 Å². The molecule has 2 amide bonds. The lowest BCUT2D eigenvalue weighted by atomic mass is 10.1. The number of aryl methyl sites for hydroxylation is 1. The average molecular weight is 338 g/mol. The van der Waals surface area contributed by atoms with Crippen molar-refractivity contribution in [2.75, 3.05) is 18.6 Å². The van der Waals surface area contributed by atoms with E-state index in [1.165, 1.54) is 0 Å². The standard InChI is InChI=1S/C20H22N2O3/c1-14-7-3-5-9-17(14)22-13-16(11-19(22)23)20(24)21-12-15-8-4-6-10-18(15)25-2/h3-10,16H,11-13H2,1-2H3,(H,21,24)/t16-/m0/s1. The summed E-state index contributed by atoms with van der Waals surface area (Å²) in [5, 5.41) is 2.92. The first kappa shape index (κ1) is 17.0. The predicted molar refractivity (Wildman–Crippen MR) is 96.5 cm³/mol. The minimum absolute atomic E-state index is 0.00765. The second kappa shape index (κ2) is 7.38. The van der Waals surface area contributed by atoms with E-state index in [0.717, 1.165) is 22.6 Å². The van der Waals surface area contributed by atoms with E-state index < -0.39 is 0 Å². The molecule has 1 N–H and O–H groups in total. The molecule has 5 heteroatoms. The summed E-state index contributed by atoms with van der Waals surface area (Å²) in [7, 11) is 1.61. The summed E-state index contributed by atoms with van der Waals surface area (Å²) in [5.41, 5.74) is 2.83. The topological polar surface area (TPSA) is 58.6 Å². The molecule has 0 aliphatic carbocycles. The maximum absolute atomic E-state index is 12.5. The van der Waals surface area contributed by atoms with Crippen molar-refractivity contribution in [3.63, 3.8) is 0 Å². The number of nitrogens with one attached hydrogen (secondary N) is 1. The van der Waals surface area contributed by atoms with Crippen molar-refractivity contribution < 1.29 is 14.3 Å². The fraction of sp³-hybridized carbons (Fsp3) is 0.300. The van der Waals surface area contributed by atoms with Crippen LogP contribution in [0.3, 0.4) is 0 Å². The van der Waals surface area contributed by atoms with Gasteiger partial charge in [0.25, 0.3) is 0 Å². The quantitative estimate of drug-likeness (QED) is 0.912. The van der Waals surface area contributed by atoms with Crippen LogP contribution in [0, 0.1) is 12.8 Å². The number of ether oxygens (including phenoxy) is 1. The van der Waals surface area contributed by atoms with Crippen LogP contribution in [-0.4, -0.2) is 25.5 Å². The summed E-state index contributed by atoms with van der Waals surface area (Å²) in [6, 6.07) is 15.3. The molecule has 1 saturated heterocycles. The Bertz CT molecular complexity index is 788. The molecule has 0 bridgehead atoms. The van der Waals surface area contributed by atoms with Gasteiger partial charge in [-0.2, -0.15) is 0 Å². The lowest BCUT2D eigenvalue weighted by Crippen LogP contribution is -2.32. The highest BCUT2D eigenvalue weighted by Crippen LogP contribution is 2.28. The van der Waals surface area contributed by atoms with Crippen LogP contribution >= 0.6 is 0 Å². The minimum Gasteiger partial charge on any atom is -0.496 e. The third kappa shape index (κ3) is 3.65. The first-order valence-electron chi connectivity index (χ1n) is 8.35. The number of para-hydroxylation sites is 2. The molecule has 25 heavy (non-hydrogen) atoms. The van der Waals surface area contributed by atoms with Crippen molar-refractivity contribution in [3.8, 4) is 5.75 Å². The van der Waals surface area contributed by atoms with Crippen molar-refractivity contribution in [1.29, 1.82) is 0 Å². The zero-order valence-corrected chi connectivity index (χ0v) is 14.5. The largest absolute Gasteiger partial charge is 0.496 e. The van der Waals surface area contributed by atoms with Crippen LogP contribution in [0.25, 0.3) is 0 Å². The van der Waals surface area contributed by atoms with Crippen molar-refractivity contribution in [1.82, 2.24) is 5.32 Å². The van der Waals surface area contributed by atoms with E-state index in [1.54, 1.807) is 12.0 Å². The number of benzene rings is 2. The highest BCUT2D eigenvalue weighted by molar-refractivity contribution is 6.00. The van der Waals surface area contributed by atoms with Gasteiger partial charge in [-0.1, -0.05) is 36.4 Å². The summed E-state index contributed by atoms with van der Waals surface area (Å²) < 4.78 is 5.29.